The van der Waals surface area contributed by atoms with Crippen LogP contribution in [0.15, 0.2) is 30.3 Å². The average Bonchev–Trinajstić information content (AvgIpc) is 3.01. The van der Waals surface area contributed by atoms with Crippen molar-refractivity contribution in [3.63, 3.8) is 0 Å². The summed E-state index contributed by atoms with van der Waals surface area (Å²) in [6.07, 6.45) is 1.47. The van der Waals surface area contributed by atoms with Crippen LogP contribution in [0.4, 0.5) is 0 Å². The van der Waals surface area contributed by atoms with E-state index in [1.165, 1.54) is 0 Å². The number of hydrogen-bond acceptors (Lipinski definition) is 3. The number of ether oxygens (including phenoxy) is 1. The summed E-state index contributed by atoms with van der Waals surface area (Å²) in [7, 11) is 0. The van der Waals surface area contributed by atoms with Crippen LogP contribution in [0, 0.1) is 0 Å². The Morgan fingerprint density at radius 2 is 1.94 bits per heavy atom. The minimum absolute atomic E-state index is 0. The van der Waals surface area contributed by atoms with Gasteiger partial charge in [0.15, 0.2) is 0 Å². The quantitative estimate of drug-likeness (QED) is 0.582. The van der Waals surface area contributed by atoms with Crippen molar-refractivity contribution in [1.29, 1.82) is 0 Å². The van der Waals surface area contributed by atoms with Gasteiger partial charge in [0.05, 0.1) is 18.0 Å². The Hall–Kier alpha value is 0.290. The SMILES string of the molecule is O=S([O-])C1(COCc2ccccc2)CC1.[Na]. The first-order valence-electron chi connectivity index (χ1n) is 4.94. The topological polar surface area (TPSA) is 49.4 Å². The molecule has 1 fully saturated rings. The van der Waals surface area contributed by atoms with Gasteiger partial charge in [0.25, 0.3) is 0 Å². The van der Waals surface area contributed by atoms with Crippen molar-refractivity contribution in [2.45, 2.75) is 24.2 Å². The molecule has 1 unspecified atom stereocenters. The molecule has 1 aromatic rings. The van der Waals surface area contributed by atoms with Crippen LogP contribution < -0.4 is 0 Å². The number of hydrogen-bond donors (Lipinski definition) is 0. The van der Waals surface area contributed by atoms with E-state index in [4.69, 9.17) is 4.74 Å². The molecule has 0 aromatic heterocycles. The summed E-state index contributed by atoms with van der Waals surface area (Å²) < 4.78 is 26.5. The minimum atomic E-state index is -2.00. The van der Waals surface area contributed by atoms with Crippen molar-refractivity contribution in [1.82, 2.24) is 0 Å². The fraction of sp³-hybridized carbons (Fsp3) is 0.455. The van der Waals surface area contributed by atoms with E-state index in [0.717, 1.165) is 18.4 Å². The number of benzene rings is 1. The summed E-state index contributed by atoms with van der Waals surface area (Å²) in [5.41, 5.74) is 1.07. The van der Waals surface area contributed by atoms with E-state index in [1.807, 2.05) is 30.3 Å². The summed E-state index contributed by atoms with van der Waals surface area (Å²) in [5, 5.41) is 0. The molecule has 5 heteroatoms. The van der Waals surface area contributed by atoms with Crippen molar-refractivity contribution >= 4 is 40.6 Å². The van der Waals surface area contributed by atoms with E-state index in [9.17, 15) is 8.76 Å². The van der Waals surface area contributed by atoms with Crippen molar-refractivity contribution in [3.8, 4) is 0 Å². The number of rotatable bonds is 5. The van der Waals surface area contributed by atoms with Gasteiger partial charge in [-0.3, -0.25) is 4.21 Å². The third-order valence-electron chi connectivity index (χ3n) is 2.64. The van der Waals surface area contributed by atoms with Crippen LogP contribution in [0.5, 0.6) is 0 Å². The molecule has 0 N–H and O–H groups in total. The third kappa shape index (κ3) is 3.65. The van der Waals surface area contributed by atoms with Gasteiger partial charge in [-0.05, 0) is 29.5 Å². The maximum atomic E-state index is 10.8. The fourth-order valence-electron chi connectivity index (χ4n) is 1.43. The van der Waals surface area contributed by atoms with Gasteiger partial charge in [-0.1, -0.05) is 30.3 Å². The van der Waals surface area contributed by atoms with Gasteiger partial charge in [-0.2, -0.15) is 0 Å². The van der Waals surface area contributed by atoms with Crippen LogP contribution in [-0.4, -0.2) is 49.7 Å². The van der Waals surface area contributed by atoms with Gasteiger partial charge in [0, 0.05) is 29.6 Å². The van der Waals surface area contributed by atoms with E-state index < -0.39 is 15.8 Å². The van der Waals surface area contributed by atoms with Crippen LogP contribution in [0.3, 0.4) is 0 Å². The Bertz CT molecular complexity index is 352. The van der Waals surface area contributed by atoms with E-state index in [1.54, 1.807) is 0 Å². The molecule has 0 bridgehead atoms. The van der Waals surface area contributed by atoms with E-state index in [2.05, 4.69) is 0 Å². The molecular formula is C11H13NaO3S-. The average molecular weight is 248 g/mol. The smallest absolute Gasteiger partial charge is 0.0717 e. The molecule has 1 atom stereocenters. The Morgan fingerprint density at radius 1 is 1.31 bits per heavy atom. The standard InChI is InChI=1S/C11H14O3S.Na/c12-15(13)11(6-7-11)9-14-8-10-4-2-1-3-5-10;/h1-5H,6-9H2,(H,12,13);/p-1. The van der Waals surface area contributed by atoms with Gasteiger partial charge in [-0.15, -0.1) is 0 Å². The van der Waals surface area contributed by atoms with Crippen LogP contribution in [-0.2, 0) is 22.4 Å². The first kappa shape index (κ1) is 14.4. The van der Waals surface area contributed by atoms with E-state index >= 15 is 0 Å². The molecule has 3 nitrogen and oxygen atoms in total. The molecule has 0 saturated heterocycles. The van der Waals surface area contributed by atoms with Crippen LogP contribution in [0.1, 0.15) is 18.4 Å². The molecule has 16 heavy (non-hydrogen) atoms. The predicted octanol–water partition coefficient (Wildman–Crippen LogP) is 1.23. The van der Waals surface area contributed by atoms with Crippen molar-refractivity contribution < 1.29 is 13.5 Å². The summed E-state index contributed by atoms with van der Waals surface area (Å²) in [6.45, 7) is 0.803. The first-order valence-corrected chi connectivity index (χ1v) is 6.01. The summed E-state index contributed by atoms with van der Waals surface area (Å²) in [4.78, 5) is 0. The summed E-state index contributed by atoms with van der Waals surface area (Å²) in [5.74, 6) is 0. The van der Waals surface area contributed by atoms with E-state index in [-0.39, 0.29) is 29.6 Å². The summed E-state index contributed by atoms with van der Waals surface area (Å²) >= 11 is -2.00. The van der Waals surface area contributed by atoms with Gasteiger partial charge in [0.1, 0.15) is 0 Å². The van der Waals surface area contributed by atoms with E-state index in [0.29, 0.717) is 13.2 Å². The van der Waals surface area contributed by atoms with Crippen molar-refractivity contribution in [3.05, 3.63) is 35.9 Å². The molecule has 2 rings (SSSR count). The van der Waals surface area contributed by atoms with Gasteiger partial charge in [0.2, 0.25) is 0 Å². The predicted molar refractivity (Wildman–Crippen MR) is 62.7 cm³/mol. The second-order valence-corrected chi connectivity index (χ2v) is 5.23. The molecular weight excluding hydrogens is 235 g/mol. The third-order valence-corrected chi connectivity index (χ3v) is 3.87. The molecule has 1 saturated carbocycles. The molecule has 0 amide bonds. The Morgan fingerprint density at radius 3 is 2.44 bits per heavy atom. The van der Waals surface area contributed by atoms with Crippen molar-refractivity contribution in [2.75, 3.05) is 6.61 Å². The second-order valence-electron chi connectivity index (χ2n) is 3.90. The zero-order valence-corrected chi connectivity index (χ0v) is 12.2. The van der Waals surface area contributed by atoms with Crippen molar-refractivity contribution in [2.24, 2.45) is 0 Å². The van der Waals surface area contributed by atoms with Gasteiger partial charge < -0.3 is 9.29 Å². The monoisotopic (exact) mass is 248 g/mol. The Balaban J connectivity index is 0.00000128. The summed E-state index contributed by atoms with van der Waals surface area (Å²) in [6, 6.07) is 9.76. The molecule has 0 heterocycles. The van der Waals surface area contributed by atoms with Gasteiger partial charge in [-0.25, -0.2) is 0 Å². The molecule has 0 spiro atoms. The van der Waals surface area contributed by atoms with Crippen LogP contribution in [0.25, 0.3) is 0 Å². The molecule has 1 aromatic carbocycles. The largest absolute Gasteiger partial charge is 0.772 e. The van der Waals surface area contributed by atoms with Crippen LogP contribution >= 0.6 is 0 Å². The van der Waals surface area contributed by atoms with Gasteiger partial charge >= 0.3 is 0 Å². The molecule has 1 radical (unpaired) electrons. The molecule has 1 aliphatic rings. The fourth-order valence-corrected chi connectivity index (χ4v) is 2.04. The normalized spacial score (nSPS) is 18.6. The zero-order chi connectivity index (χ0) is 10.7. The minimum Gasteiger partial charge on any atom is -0.772 e. The molecule has 0 aliphatic heterocycles. The zero-order valence-electron chi connectivity index (χ0n) is 9.35. The Kier molecular flexibility index (Phi) is 5.64. The maximum Gasteiger partial charge on any atom is 0.0717 e. The first-order chi connectivity index (χ1) is 7.23. The maximum absolute atomic E-state index is 10.8. The van der Waals surface area contributed by atoms with Crippen LogP contribution in [0.2, 0.25) is 0 Å². The molecule has 83 valence electrons. The molecule has 1 aliphatic carbocycles. The second kappa shape index (κ2) is 6.28. The Labute approximate surface area is 120 Å².